The summed E-state index contributed by atoms with van der Waals surface area (Å²) in [6.45, 7) is 2.08. The highest BCUT2D eigenvalue weighted by molar-refractivity contribution is 5.85. The molecule has 0 aliphatic carbocycles. The summed E-state index contributed by atoms with van der Waals surface area (Å²) in [7, 11) is 0. The number of phenolic OH excluding ortho intramolecular Hbond substituents is 1. The van der Waals surface area contributed by atoms with E-state index in [-0.39, 0.29) is 24.8 Å². The summed E-state index contributed by atoms with van der Waals surface area (Å²) in [5, 5.41) is 8.63. The molecule has 0 unspecified atom stereocenters. The van der Waals surface area contributed by atoms with Crippen molar-refractivity contribution in [1.29, 1.82) is 0 Å². The maximum absolute atomic E-state index is 8.63. The first kappa shape index (κ1) is 17.2. The van der Waals surface area contributed by atoms with Gasteiger partial charge in [0.05, 0.1) is 0 Å². The number of aryl methyl sites for hydroxylation is 1. The van der Waals surface area contributed by atoms with Crippen LogP contribution in [0.2, 0.25) is 0 Å². The molecule has 2 aromatic carbocycles. The molecule has 0 saturated heterocycles. The smallest absolute Gasteiger partial charge is 0.115 e. The second-order valence-corrected chi connectivity index (χ2v) is 2.99. The molecule has 16 heavy (non-hydrogen) atoms. The summed E-state index contributed by atoms with van der Waals surface area (Å²) in [6.07, 6.45) is 0. The van der Waals surface area contributed by atoms with Gasteiger partial charge in [0, 0.05) is 0 Å². The van der Waals surface area contributed by atoms with E-state index in [1.54, 1.807) is 24.3 Å². The quantitative estimate of drug-likeness (QED) is 0.750. The standard InChI is InChI=1S/C7H8.C6H6O.2ClH/c1-7-5-3-2-4-6-7;7-6-4-2-1-3-5-6;;/h2-6H,1H3;1-5,7H;2*1H. The SMILES string of the molecule is Cc1ccccc1.Cl.Cl.Oc1ccccc1. The molecule has 0 aliphatic rings. The molecule has 2 aromatic rings. The van der Waals surface area contributed by atoms with Gasteiger partial charge in [-0.05, 0) is 19.1 Å². The lowest BCUT2D eigenvalue weighted by Gasteiger charge is -1.82. The third kappa shape index (κ3) is 8.16. The van der Waals surface area contributed by atoms with Gasteiger partial charge in [0.2, 0.25) is 0 Å². The molecule has 0 fully saturated rings. The van der Waals surface area contributed by atoms with Gasteiger partial charge in [-0.2, -0.15) is 0 Å². The monoisotopic (exact) mass is 258 g/mol. The maximum atomic E-state index is 8.63. The van der Waals surface area contributed by atoms with E-state index in [1.807, 2.05) is 24.3 Å². The molecular weight excluding hydrogens is 243 g/mol. The predicted molar refractivity (Wildman–Crippen MR) is 73.8 cm³/mol. The van der Waals surface area contributed by atoms with Crippen LogP contribution in [0.5, 0.6) is 5.75 Å². The second-order valence-electron chi connectivity index (χ2n) is 2.99. The molecule has 2 rings (SSSR count). The Balaban J connectivity index is 0. The van der Waals surface area contributed by atoms with Crippen LogP contribution in [0.3, 0.4) is 0 Å². The number of aromatic hydroxyl groups is 1. The highest BCUT2D eigenvalue weighted by Gasteiger charge is 1.74. The Morgan fingerprint density at radius 1 is 0.688 bits per heavy atom. The van der Waals surface area contributed by atoms with Crippen LogP contribution in [0.4, 0.5) is 0 Å². The molecule has 0 heterocycles. The molecule has 1 N–H and O–H groups in total. The third-order valence-electron chi connectivity index (χ3n) is 1.70. The van der Waals surface area contributed by atoms with E-state index in [0.29, 0.717) is 5.75 Å². The first-order chi connectivity index (χ1) is 6.79. The van der Waals surface area contributed by atoms with E-state index in [9.17, 15) is 0 Å². The number of phenols is 1. The molecule has 0 atom stereocenters. The van der Waals surface area contributed by atoms with E-state index >= 15 is 0 Å². The lowest BCUT2D eigenvalue weighted by Crippen LogP contribution is -1.62. The zero-order valence-corrected chi connectivity index (χ0v) is 10.7. The van der Waals surface area contributed by atoms with Gasteiger partial charge in [-0.25, -0.2) is 0 Å². The minimum absolute atomic E-state index is 0. The molecule has 1 nitrogen and oxygen atoms in total. The Morgan fingerprint density at radius 3 is 1.25 bits per heavy atom. The van der Waals surface area contributed by atoms with Gasteiger partial charge >= 0.3 is 0 Å². The van der Waals surface area contributed by atoms with Crippen LogP contribution in [-0.2, 0) is 0 Å². The van der Waals surface area contributed by atoms with Gasteiger partial charge in [-0.15, -0.1) is 24.8 Å². The van der Waals surface area contributed by atoms with Gasteiger partial charge in [0.1, 0.15) is 5.75 Å². The van der Waals surface area contributed by atoms with Gasteiger partial charge in [0.15, 0.2) is 0 Å². The van der Waals surface area contributed by atoms with Crippen LogP contribution in [0.1, 0.15) is 5.56 Å². The normalized spacial score (nSPS) is 7.56. The van der Waals surface area contributed by atoms with E-state index in [0.717, 1.165) is 0 Å². The predicted octanol–water partition coefficient (Wildman–Crippen LogP) is 4.23. The number of para-hydroxylation sites is 1. The molecule has 0 radical (unpaired) electrons. The zero-order valence-electron chi connectivity index (χ0n) is 9.04. The number of hydrogen-bond donors (Lipinski definition) is 1. The highest BCUT2D eigenvalue weighted by atomic mass is 35.5. The van der Waals surface area contributed by atoms with Gasteiger partial charge in [0.25, 0.3) is 0 Å². The molecule has 0 aliphatic heterocycles. The molecule has 3 heteroatoms. The highest BCUT2D eigenvalue weighted by Crippen LogP contribution is 2.02. The lowest BCUT2D eigenvalue weighted by atomic mass is 10.2. The first-order valence-electron chi connectivity index (χ1n) is 4.54. The average Bonchev–Trinajstić information content (AvgIpc) is 2.21. The van der Waals surface area contributed by atoms with Crippen molar-refractivity contribution in [2.45, 2.75) is 6.92 Å². The fourth-order valence-electron chi connectivity index (χ4n) is 0.962. The van der Waals surface area contributed by atoms with Crippen LogP contribution in [0, 0.1) is 6.92 Å². The summed E-state index contributed by atoms with van der Waals surface area (Å²) in [5.41, 5.74) is 1.32. The van der Waals surface area contributed by atoms with E-state index in [1.165, 1.54) is 5.56 Å². The Hall–Kier alpha value is -1.18. The summed E-state index contributed by atoms with van der Waals surface area (Å²) < 4.78 is 0. The summed E-state index contributed by atoms with van der Waals surface area (Å²) >= 11 is 0. The minimum Gasteiger partial charge on any atom is -0.508 e. The van der Waals surface area contributed by atoms with Crippen molar-refractivity contribution in [2.75, 3.05) is 0 Å². The van der Waals surface area contributed by atoms with Crippen molar-refractivity contribution >= 4 is 24.8 Å². The molecule has 88 valence electrons. The van der Waals surface area contributed by atoms with Gasteiger partial charge < -0.3 is 5.11 Å². The molecular formula is C13H16Cl2O. The largest absolute Gasteiger partial charge is 0.508 e. The maximum Gasteiger partial charge on any atom is 0.115 e. The summed E-state index contributed by atoms with van der Waals surface area (Å²) in [6, 6.07) is 19.0. The Morgan fingerprint density at radius 2 is 1.06 bits per heavy atom. The van der Waals surface area contributed by atoms with E-state index in [2.05, 4.69) is 19.1 Å². The van der Waals surface area contributed by atoms with Crippen molar-refractivity contribution in [1.82, 2.24) is 0 Å². The van der Waals surface area contributed by atoms with E-state index in [4.69, 9.17) is 5.11 Å². The van der Waals surface area contributed by atoms with Crippen LogP contribution in [0.15, 0.2) is 60.7 Å². The molecule has 0 spiro atoms. The average molecular weight is 259 g/mol. The van der Waals surface area contributed by atoms with Crippen molar-refractivity contribution in [3.05, 3.63) is 66.2 Å². The molecule has 0 bridgehead atoms. The Bertz CT molecular complexity index is 311. The minimum atomic E-state index is 0. The van der Waals surface area contributed by atoms with Crippen LogP contribution >= 0.6 is 24.8 Å². The fraction of sp³-hybridized carbons (Fsp3) is 0.0769. The summed E-state index contributed by atoms with van der Waals surface area (Å²) in [4.78, 5) is 0. The topological polar surface area (TPSA) is 20.2 Å². The second kappa shape index (κ2) is 10.3. The van der Waals surface area contributed by atoms with Crippen molar-refractivity contribution in [3.63, 3.8) is 0 Å². The number of halogens is 2. The third-order valence-corrected chi connectivity index (χ3v) is 1.70. The molecule has 0 amide bonds. The van der Waals surface area contributed by atoms with Gasteiger partial charge in [-0.1, -0.05) is 54.1 Å². The first-order valence-corrected chi connectivity index (χ1v) is 4.54. The van der Waals surface area contributed by atoms with Crippen molar-refractivity contribution in [2.24, 2.45) is 0 Å². The van der Waals surface area contributed by atoms with Crippen molar-refractivity contribution in [3.8, 4) is 5.75 Å². The Labute approximate surface area is 109 Å². The summed E-state index contributed by atoms with van der Waals surface area (Å²) in [5.74, 6) is 0.322. The number of hydrogen-bond acceptors (Lipinski definition) is 1. The van der Waals surface area contributed by atoms with Gasteiger partial charge in [-0.3, -0.25) is 0 Å². The van der Waals surface area contributed by atoms with Crippen LogP contribution in [0.25, 0.3) is 0 Å². The van der Waals surface area contributed by atoms with Crippen molar-refractivity contribution < 1.29 is 5.11 Å². The zero-order chi connectivity index (χ0) is 10.2. The number of benzene rings is 2. The van der Waals surface area contributed by atoms with Crippen LogP contribution in [-0.4, -0.2) is 5.11 Å². The molecule has 0 aromatic heterocycles. The van der Waals surface area contributed by atoms with Crippen LogP contribution < -0.4 is 0 Å². The number of rotatable bonds is 0. The lowest BCUT2D eigenvalue weighted by molar-refractivity contribution is 0.475. The Kier molecular flexibility index (Phi) is 11.1. The van der Waals surface area contributed by atoms with E-state index < -0.39 is 0 Å². The molecule has 0 saturated carbocycles. The fourth-order valence-corrected chi connectivity index (χ4v) is 0.962.